The molecule has 3 rings (SSSR count). The molecule has 0 radical (unpaired) electrons. The third-order valence-electron chi connectivity index (χ3n) is 5.02. The number of anilines is 2. The summed E-state index contributed by atoms with van der Waals surface area (Å²) < 4.78 is 0. The highest BCUT2D eigenvalue weighted by Crippen LogP contribution is 2.29. The lowest BCUT2D eigenvalue weighted by Crippen LogP contribution is -2.29. The van der Waals surface area contributed by atoms with Crippen LogP contribution in [0.1, 0.15) is 30.0 Å². The fraction of sp³-hybridized carbons (Fsp3) is 0.333. The summed E-state index contributed by atoms with van der Waals surface area (Å²) >= 11 is 0. The summed E-state index contributed by atoms with van der Waals surface area (Å²) in [5, 5.41) is 3.00. The third kappa shape index (κ3) is 3.43. The highest BCUT2D eigenvalue weighted by molar-refractivity contribution is 6.04. The van der Waals surface area contributed by atoms with E-state index in [0.717, 1.165) is 34.5 Å². The first kappa shape index (κ1) is 17.2. The van der Waals surface area contributed by atoms with E-state index >= 15 is 0 Å². The van der Waals surface area contributed by atoms with Crippen molar-refractivity contribution in [2.45, 2.75) is 33.6 Å². The van der Waals surface area contributed by atoms with Crippen molar-refractivity contribution in [2.24, 2.45) is 5.92 Å². The van der Waals surface area contributed by atoms with Gasteiger partial charge in [0.2, 0.25) is 11.8 Å². The first-order valence-electron chi connectivity index (χ1n) is 8.76. The van der Waals surface area contributed by atoms with Crippen LogP contribution in [0.5, 0.6) is 0 Å². The van der Waals surface area contributed by atoms with Gasteiger partial charge in [0, 0.05) is 24.3 Å². The van der Waals surface area contributed by atoms with Crippen LogP contribution in [0.3, 0.4) is 0 Å². The zero-order chi connectivity index (χ0) is 18.0. The summed E-state index contributed by atoms with van der Waals surface area (Å²) in [6.45, 7) is 6.53. The van der Waals surface area contributed by atoms with Gasteiger partial charge in [-0.25, -0.2) is 0 Å². The predicted molar refractivity (Wildman–Crippen MR) is 101 cm³/mol. The predicted octanol–water partition coefficient (Wildman–Crippen LogP) is 3.86. The minimum atomic E-state index is -0.322. The molecular formula is C21H24N2O2. The van der Waals surface area contributed by atoms with Crippen LogP contribution in [-0.2, 0) is 16.0 Å². The Labute approximate surface area is 148 Å². The molecule has 1 N–H and O–H groups in total. The molecule has 0 aliphatic carbocycles. The number of hydrogen-bond donors (Lipinski definition) is 1. The van der Waals surface area contributed by atoms with Crippen molar-refractivity contribution in [1.82, 2.24) is 0 Å². The number of rotatable bonds is 4. The summed E-state index contributed by atoms with van der Waals surface area (Å²) in [6, 6.07) is 13.8. The van der Waals surface area contributed by atoms with Crippen molar-refractivity contribution in [1.29, 1.82) is 0 Å². The lowest BCUT2D eigenvalue weighted by atomic mass is 10.1. The summed E-state index contributed by atoms with van der Waals surface area (Å²) in [6.07, 6.45) is 1.12. The molecule has 1 aliphatic heterocycles. The second kappa shape index (κ2) is 7.09. The standard InChI is InChI=1S/C21H24N2O2/c1-4-16-9-5-6-11-19(16)23-13-17(12-20(23)24)21(25)22-18-10-7-8-14(2)15(18)3/h5-11,17H,4,12-13H2,1-3H3,(H,22,25)/t17-/m0/s1. The summed E-state index contributed by atoms with van der Waals surface area (Å²) in [5.41, 5.74) is 5.08. The van der Waals surface area contributed by atoms with E-state index in [2.05, 4.69) is 12.2 Å². The highest BCUT2D eigenvalue weighted by atomic mass is 16.2. The average Bonchev–Trinajstić information content (AvgIpc) is 3.00. The number of nitrogens with zero attached hydrogens (tertiary/aromatic N) is 1. The van der Waals surface area contributed by atoms with Crippen molar-refractivity contribution in [2.75, 3.05) is 16.8 Å². The molecule has 0 unspecified atom stereocenters. The maximum absolute atomic E-state index is 12.7. The van der Waals surface area contributed by atoms with Gasteiger partial charge in [-0.2, -0.15) is 0 Å². The Morgan fingerprint density at radius 3 is 2.68 bits per heavy atom. The normalized spacial score (nSPS) is 17.0. The number of hydrogen-bond acceptors (Lipinski definition) is 2. The Morgan fingerprint density at radius 2 is 1.92 bits per heavy atom. The van der Waals surface area contributed by atoms with E-state index in [1.807, 2.05) is 56.3 Å². The molecule has 1 saturated heterocycles. The molecule has 130 valence electrons. The lowest BCUT2D eigenvalue weighted by Gasteiger charge is -2.20. The van der Waals surface area contributed by atoms with Crippen LogP contribution in [0.4, 0.5) is 11.4 Å². The molecule has 2 aromatic carbocycles. The minimum Gasteiger partial charge on any atom is -0.326 e. The number of carbonyl (C=O) groups excluding carboxylic acids is 2. The van der Waals surface area contributed by atoms with Crippen LogP contribution >= 0.6 is 0 Å². The molecule has 0 saturated carbocycles. The van der Waals surface area contributed by atoms with Crippen LogP contribution in [0, 0.1) is 19.8 Å². The third-order valence-corrected chi connectivity index (χ3v) is 5.02. The van der Waals surface area contributed by atoms with Gasteiger partial charge in [-0.3, -0.25) is 9.59 Å². The molecule has 0 aromatic heterocycles. The van der Waals surface area contributed by atoms with Crippen molar-refractivity contribution in [3.63, 3.8) is 0 Å². The van der Waals surface area contributed by atoms with E-state index in [4.69, 9.17) is 0 Å². The van der Waals surface area contributed by atoms with E-state index < -0.39 is 0 Å². The SMILES string of the molecule is CCc1ccccc1N1C[C@@H](C(=O)Nc2cccc(C)c2C)CC1=O. The maximum atomic E-state index is 12.7. The van der Waals surface area contributed by atoms with Gasteiger partial charge in [0.05, 0.1) is 5.92 Å². The zero-order valence-electron chi connectivity index (χ0n) is 15.0. The number of benzene rings is 2. The topological polar surface area (TPSA) is 49.4 Å². The second-order valence-corrected chi connectivity index (χ2v) is 6.62. The Bertz CT molecular complexity index is 813. The zero-order valence-corrected chi connectivity index (χ0v) is 15.0. The van der Waals surface area contributed by atoms with E-state index in [9.17, 15) is 9.59 Å². The fourth-order valence-corrected chi connectivity index (χ4v) is 3.31. The average molecular weight is 336 g/mol. The summed E-state index contributed by atoms with van der Waals surface area (Å²) in [7, 11) is 0. The quantitative estimate of drug-likeness (QED) is 0.922. The molecule has 2 amide bonds. The number of nitrogens with one attached hydrogen (secondary N) is 1. The molecule has 1 aliphatic rings. The molecule has 1 fully saturated rings. The Balaban J connectivity index is 1.76. The van der Waals surface area contributed by atoms with Crippen LogP contribution in [-0.4, -0.2) is 18.4 Å². The maximum Gasteiger partial charge on any atom is 0.229 e. The van der Waals surface area contributed by atoms with E-state index in [1.165, 1.54) is 0 Å². The number of amides is 2. The first-order valence-corrected chi connectivity index (χ1v) is 8.76. The molecule has 4 nitrogen and oxygen atoms in total. The van der Waals surface area contributed by atoms with Gasteiger partial charge in [0.15, 0.2) is 0 Å². The fourth-order valence-electron chi connectivity index (χ4n) is 3.31. The van der Waals surface area contributed by atoms with Gasteiger partial charge in [-0.15, -0.1) is 0 Å². The van der Waals surface area contributed by atoms with E-state index in [1.54, 1.807) is 4.90 Å². The number of para-hydroxylation sites is 1. The van der Waals surface area contributed by atoms with Crippen molar-refractivity contribution < 1.29 is 9.59 Å². The summed E-state index contributed by atoms with van der Waals surface area (Å²) in [5.74, 6) is -0.391. The van der Waals surface area contributed by atoms with Gasteiger partial charge >= 0.3 is 0 Å². The Kier molecular flexibility index (Phi) is 4.88. The summed E-state index contributed by atoms with van der Waals surface area (Å²) in [4.78, 5) is 26.9. The van der Waals surface area contributed by atoms with Gasteiger partial charge < -0.3 is 10.2 Å². The van der Waals surface area contributed by atoms with Crippen LogP contribution < -0.4 is 10.2 Å². The molecule has 0 bridgehead atoms. The molecule has 2 aromatic rings. The van der Waals surface area contributed by atoms with Gasteiger partial charge in [-0.05, 0) is 49.1 Å². The molecule has 0 spiro atoms. The smallest absolute Gasteiger partial charge is 0.229 e. The first-order chi connectivity index (χ1) is 12.0. The second-order valence-electron chi connectivity index (χ2n) is 6.62. The van der Waals surface area contributed by atoms with Crippen LogP contribution in [0.2, 0.25) is 0 Å². The van der Waals surface area contributed by atoms with Gasteiger partial charge in [0.25, 0.3) is 0 Å². The monoisotopic (exact) mass is 336 g/mol. The molecule has 25 heavy (non-hydrogen) atoms. The van der Waals surface area contributed by atoms with Crippen molar-refractivity contribution in [3.05, 3.63) is 59.2 Å². The highest BCUT2D eigenvalue weighted by Gasteiger charge is 2.35. The van der Waals surface area contributed by atoms with Crippen LogP contribution in [0.25, 0.3) is 0 Å². The Hall–Kier alpha value is -2.62. The van der Waals surface area contributed by atoms with Crippen molar-refractivity contribution >= 4 is 23.2 Å². The number of aryl methyl sites for hydroxylation is 2. The minimum absolute atomic E-state index is 0.0158. The lowest BCUT2D eigenvalue weighted by molar-refractivity contribution is -0.122. The van der Waals surface area contributed by atoms with Crippen LogP contribution in [0.15, 0.2) is 42.5 Å². The Morgan fingerprint density at radius 1 is 1.16 bits per heavy atom. The number of carbonyl (C=O) groups is 2. The molecule has 1 atom stereocenters. The van der Waals surface area contributed by atoms with Gasteiger partial charge in [-0.1, -0.05) is 37.3 Å². The van der Waals surface area contributed by atoms with Gasteiger partial charge in [0.1, 0.15) is 0 Å². The molecular weight excluding hydrogens is 312 g/mol. The largest absolute Gasteiger partial charge is 0.326 e. The molecule has 4 heteroatoms. The molecule has 1 heterocycles. The van der Waals surface area contributed by atoms with Crippen molar-refractivity contribution in [3.8, 4) is 0 Å². The van der Waals surface area contributed by atoms with E-state index in [0.29, 0.717) is 6.54 Å². The van der Waals surface area contributed by atoms with E-state index in [-0.39, 0.29) is 24.2 Å².